The van der Waals surface area contributed by atoms with Gasteiger partial charge >= 0.3 is 0 Å². The number of benzene rings is 1. The third kappa shape index (κ3) is 2.36. The first-order valence-electron chi connectivity index (χ1n) is 4.02. The molecule has 0 spiro atoms. The van der Waals surface area contributed by atoms with Crippen molar-refractivity contribution < 1.29 is 9.47 Å². The van der Waals surface area contributed by atoms with Crippen molar-refractivity contribution in [1.82, 2.24) is 5.32 Å². The van der Waals surface area contributed by atoms with Gasteiger partial charge in [0.05, 0.1) is 14.2 Å². The van der Waals surface area contributed by atoms with Crippen molar-refractivity contribution in [3.05, 3.63) is 30.8 Å². The predicted molar refractivity (Wildman–Crippen MR) is 51.7 cm³/mol. The van der Waals surface area contributed by atoms with Gasteiger partial charge in [0.1, 0.15) is 0 Å². The maximum atomic E-state index is 5.15. The molecule has 0 aliphatic rings. The van der Waals surface area contributed by atoms with Crippen LogP contribution in [0.25, 0.3) is 0 Å². The van der Waals surface area contributed by atoms with E-state index in [2.05, 4.69) is 12.4 Å². The Bertz CT molecular complexity index is 274. The quantitative estimate of drug-likeness (QED) is 0.763. The van der Waals surface area contributed by atoms with Crippen molar-refractivity contribution in [2.45, 2.75) is 6.54 Å². The van der Waals surface area contributed by atoms with Gasteiger partial charge in [0.15, 0.2) is 11.5 Å². The molecule has 1 rings (SSSR count). The van der Waals surface area contributed by atoms with E-state index in [1.807, 2.05) is 18.2 Å². The fourth-order valence-electron chi connectivity index (χ4n) is 1.13. The Kier molecular flexibility index (Phi) is 3.58. The van der Waals surface area contributed by atoms with E-state index in [0.29, 0.717) is 0 Å². The first-order valence-corrected chi connectivity index (χ1v) is 4.02. The van der Waals surface area contributed by atoms with Gasteiger partial charge in [0.25, 0.3) is 0 Å². The molecule has 0 fully saturated rings. The van der Waals surface area contributed by atoms with Crippen LogP contribution < -0.4 is 14.8 Å². The summed E-state index contributed by atoms with van der Waals surface area (Å²) in [6.45, 7) is 0.723. The molecule has 0 aromatic heterocycles. The second kappa shape index (κ2) is 4.72. The van der Waals surface area contributed by atoms with Gasteiger partial charge in [-0.1, -0.05) is 6.07 Å². The molecule has 0 unspecified atom stereocenters. The zero-order valence-electron chi connectivity index (χ0n) is 7.96. The lowest BCUT2D eigenvalue weighted by Crippen LogP contribution is -2.02. The van der Waals surface area contributed by atoms with Gasteiger partial charge in [-0.2, -0.15) is 0 Å². The minimum absolute atomic E-state index is 0.723. The predicted octanol–water partition coefficient (Wildman–Crippen LogP) is 1.58. The van der Waals surface area contributed by atoms with Crippen molar-refractivity contribution >= 4 is 0 Å². The first-order chi connectivity index (χ1) is 6.31. The summed E-state index contributed by atoms with van der Waals surface area (Å²) in [6, 6.07) is 5.78. The third-order valence-electron chi connectivity index (χ3n) is 1.78. The molecule has 3 nitrogen and oxygen atoms in total. The van der Waals surface area contributed by atoms with Crippen LogP contribution >= 0.6 is 0 Å². The Balaban J connectivity index is 2.91. The molecule has 0 aliphatic carbocycles. The van der Waals surface area contributed by atoms with Gasteiger partial charge in [0, 0.05) is 13.6 Å². The minimum atomic E-state index is 0.723. The van der Waals surface area contributed by atoms with Gasteiger partial charge < -0.3 is 14.8 Å². The Labute approximate surface area is 78.7 Å². The van der Waals surface area contributed by atoms with Crippen LogP contribution in [0.15, 0.2) is 18.2 Å². The van der Waals surface area contributed by atoms with Crippen LogP contribution in [-0.2, 0) is 6.54 Å². The Morgan fingerprint density at radius 1 is 1.23 bits per heavy atom. The molecule has 0 bridgehead atoms. The highest BCUT2D eigenvalue weighted by molar-refractivity contribution is 5.42. The van der Waals surface area contributed by atoms with Crippen LogP contribution in [0, 0.1) is 7.05 Å². The average molecular weight is 180 g/mol. The molecule has 71 valence electrons. The molecule has 0 atom stereocenters. The topological polar surface area (TPSA) is 30.5 Å². The summed E-state index contributed by atoms with van der Waals surface area (Å²) < 4.78 is 10.3. The van der Waals surface area contributed by atoms with E-state index >= 15 is 0 Å². The van der Waals surface area contributed by atoms with Crippen LogP contribution in [0.5, 0.6) is 11.5 Å². The molecule has 0 aliphatic heterocycles. The lowest BCUT2D eigenvalue weighted by Gasteiger charge is -2.08. The molecule has 0 saturated heterocycles. The second-order valence-corrected chi connectivity index (χ2v) is 2.62. The molecule has 13 heavy (non-hydrogen) atoms. The summed E-state index contributed by atoms with van der Waals surface area (Å²) in [4.78, 5) is 0. The summed E-state index contributed by atoms with van der Waals surface area (Å²) in [5.41, 5.74) is 1.12. The summed E-state index contributed by atoms with van der Waals surface area (Å²) in [5.74, 6) is 1.49. The highest BCUT2D eigenvalue weighted by atomic mass is 16.5. The Hall–Kier alpha value is -1.22. The SMILES string of the molecule is [CH2]NCc1ccc(OC)c(OC)c1. The molecule has 0 amide bonds. The van der Waals surface area contributed by atoms with E-state index < -0.39 is 0 Å². The molecule has 0 saturated carbocycles. The standard InChI is InChI=1S/C10H14NO2/c1-11-7-8-4-5-9(12-2)10(6-8)13-3/h4-6,11H,1,7H2,2-3H3. The van der Waals surface area contributed by atoms with Crippen molar-refractivity contribution in [3.8, 4) is 11.5 Å². The third-order valence-corrected chi connectivity index (χ3v) is 1.78. The number of methoxy groups -OCH3 is 2. The van der Waals surface area contributed by atoms with Crippen LogP contribution in [0.4, 0.5) is 0 Å². The van der Waals surface area contributed by atoms with Gasteiger partial charge in [-0.15, -0.1) is 0 Å². The van der Waals surface area contributed by atoms with E-state index in [0.717, 1.165) is 23.6 Å². The van der Waals surface area contributed by atoms with Gasteiger partial charge in [-0.3, -0.25) is 0 Å². The summed E-state index contributed by atoms with van der Waals surface area (Å²) in [5, 5.41) is 2.83. The molecule has 1 aromatic rings. The van der Waals surface area contributed by atoms with Crippen molar-refractivity contribution in [3.63, 3.8) is 0 Å². The van der Waals surface area contributed by atoms with Gasteiger partial charge in [0.2, 0.25) is 0 Å². The largest absolute Gasteiger partial charge is 0.493 e. The van der Waals surface area contributed by atoms with Crippen molar-refractivity contribution in [1.29, 1.82) is 0 Å². The first kappa shape index (κ1) is 9.86. The Morgan fingerprint density at radius 2 is 1.92 bits per heavy atom. The van der Waals surface area contributed by atoms with Crippen molar-refractivity contribution in [2.24, 2.45) is 0 Å². The summed E-state index contributed by atoms with van der Waals surface area (Å²) in [6.07, 6.45) is 0. The number of hydrogen-bond donors (Lipinski definition) is 1. The monoisotopic (exact) mass is 180 g/mol. The fourth-order valence-corrected chi connectivity index (χ4v) is 1.13. The van der Waals surface area contributed by atoms with Crippen LogP contribution in [0.3, 0.4) is 0 Å². The lowest BCUT2D eigenvalue weighted by molar-refractivity contribution is 0.354. The highest BCUT2D eigenvalue weighted by Crippen LogP contribution is 2.27. The van der Waals surface area contributed by atoms with E-state index in [4.69, 9.17) is 9.47 Å². The second-order valence-electron chi connectivity index (χ2n) is 2.62. The molecule has 0 heterocycles. The lowest BCUT2D eigenvalue weighted by atomic mass is 10.2. The zero-order valence-corrected chi connectivity index (χ0v) is 7.96. The summed E-state index contributed by atoms with van der Waals surface area (Å²) >= 11 is 0. The maximum Gasteiger partial charge on any atom is 0.161 e. The van der Waals surface area contributed by atoms with Crippen molar-refractivity contribution in [2.75, 3.05) is 14.2 Å². The van der Waals surface area contributed by atoms with E-state index in [9.17, 15) is 0 Å². The number of nitrogens with one attached hydrogen (secondary N) is 1. The molecular weight excluding hydrogens is 166 g/mol. The highest BCUT2D eigenvalue weighted by Gasteiger charge is 2.02. The summed E-state index contributed by atoms with van der Waals surface area (Å²) in [7, 11) is 6.80. The smallest absolute Gasteiger partial charge is 0.161 e. The number of hydrogen-bond acceptors (Lipinski definition) is 3. The molecular formula is C10H14NO2. The number of rotatable bonds is 4. The molecule has 1 radical (unpaired) electrons. The normalized spacial score (nSPS) is 9.77. The van der Waals surface area contributed by atoms with Crippen LogP contribution in [0.1, 0.15) is 5.56 Å². The van der Waals surface area contributed by atoms with E-state index in [-0.39, 0.29) is 0 Å². The van der Waals surface area contributed by atoms with Gasteiger partial charge in [-0.25, -0.2) is 0 Å². The average Bonchev–Trinajstić information content (AvgIpc) is 2.18. The van der Waals surface area contributed by atoms with Gasteiger partial charge in [-0.05, 0) is 17.7 Å². The zero-order chi connectivity index (χ0) is 9.68. The Morgan fingerprint density at radius 3 is 2.46 bits per heavy atom. The van der Waals surface area contributed by atoms with E-state index in [1.165, 1.54) is 0 Å². The maximum absolute atomic E-state index is 5.15. The fraction of sp³-hybridized carbons (Fsp3) is 0.300. The van der Waals surface area contributed by atoms with Crippen LogP contribution in [0.2, 0.25) is 0 Å². The minimum Gasteiger partial charge on any atom is -0.493 e. The number of ether oxygens (including phenoxy) is 2. The molecule has 1 aromatic carbocycles. The van der Waals surface area contributed by atoms with Crippen LogP contribution in [-0.4, -0.2) is 14.2 Å². The van der Waals surface area contributed by atoms with E-state index in [1.54, 1.807) is 14.2 Å². The molecule has 1 N–H and O–H groups in total. The molecule has 3 heteroatoms.